The van der Waals surface area contributed by atoms with E-state index >= 15 is 0 Å². The summed E-state index contributed by atoms with van der Waals surface area (Å²) in [5, 5.41) is 13.5. The van der Waals surface area contributed by atoms with Gasteiger partial charge >= 0.3 is 0 Å². The number of aryl methyl sites for hydroxylation is 1. The average Bonchev–Trinajstić information content (AvgIpc) is 2.88. The van der Waals surface area contributed by atoms with Gasteiger partial charge in [0.05, 0.1) is 10.6 Å². The number of rotatable bonds is 2. The molecule has 1 aromatic heterocycles. The van der Waals surface area contributed by atoms with Crippen LogP contribution in [0.25, 0.3) is 0 Å². The van der Waals surface area contributed by atoms with Gasteiger partial charge in [-0.25, -0.2) is 9.37 Å². The Balaban J connectivity index is 1.96. The van der Waals surface area contributed by atoms with Crippen LogP contribution in [0.2, 0.25) is 0 Å². The third-order valence-electron chi connectivity index (χ3n) is 3.30. The van der Waals surface area contributed by atoms with E-state index in [9.17, 15) is 9.50 Å². The molecule has 0 aliphatic heterocycles. The smallest absolute Gasteiger partial charge is 0.123 e. The first-order valence-electron chi connectivity index (χ1n) is 5.57. The predicted molar refractivity (Wildman–Crippen MR) is 64.4 cm³/mol. The van der Waals surface area contributed by atoms with Crippen LogP contribution >= 0.6 is 11.3 Å². The van der Waals surface area contributed by atoms with Crippen LogP contribution in [0.4, 0.5) is 4.39 Å². The summed E-state index contributed by atoms with van der Waals surface area (Å²) in [6, 6.07) is 4.64. The maximum absolute atomic E-state index is 13.1. The van der Waals surface area contributed by atoms with Crippen molar-refractivity contribution in [1.29, 1.82) is 0 Å². The average molecular weight is 249 g/mol. The molecule has 1 N–H and O–H groups in total. The van der Waals surface area contributed by atoms with E-state index in [-0.39, 0.29) is 5.82 Å². The van der Waals surface area contributed by atoms with E-state index in [0.717, 1.165) is 22.6 Å². The van der Waals surface area contributed by atoms with Gasteiger partial charge in [-0.15, -0.1) is 11.3 Å². The molecule has 0 spiro atoms. The third kappa shape index (κ3) is 1.87. The van der Waals surface area contributed by atoms with Crippen molar-refractivity contribution in [2.75, 3.05) is 0 Å². The van der Waals surface area contributed by atoms with E-state index in [0.29, 0.717) is 12.8 Å². The lowest BCUT2D eigenvalue weighted by Gasteiger charge is -2.22. The minimum atomic E-state index is -0.874. The highest BCUT2D eigenvalue weighted by Crippen LogP contribution is 2.39. The summed E-state index contributed by atoms with van der Waals surface area (Å²) >= 11 is 1.54. The zero-order valence-electron chi connectivity index (χ0n) is 9.19. The van der Waals surface area contributed by atoms with Gasteiger partial charge in [0.1, 0.15) is 5.82 Å². The fourth-order valence-electron chi connectivity index (χ4n) is 2.47. The molecule has 0 saturated carbocycles. The van der Waals surface area contributed by atoms with Gasteiger partial charge in [0.25, 0.3) is 0 Å². The zero-order valence-corrected chi connectivity index (χ0v) is 10.0. The van der Waals surface area contributed by atoms with E-state index in [4.69, 9.17) is 0 Å². The molecule has 3 rings (SSSR count). The predicted octanol–water partition coefficient (Wildman–Crippen LogP) is 2.66. The normalized spacial score (nSPS) is 22.7. The second kappa shape index (κ2) is 3.89. The highest BCUT2D eigenvalue weighted by Gasteiger charge is 2.37. The number of benzene rings is 1. The van der Waals surface area contributed by atoms with Crippen molar-refractivity contribution in [1.82, 2.24) is 4.98 Å². The zero-order chi connectivity index (χ0) is 11.9. The number of hydrogen-bond acceptors (Lipinski definition) is 3. The van der Waals surface area contributed by atoms with E-state index < -0.39 is 5.60 Å². The number of halogens is 1. The first kappa shape index (κ1) is 10.9. The second-order valence-corrected chi connectivity index (χ2v) is 5.41. The fourth-order valence-corrected chi connectivity index (χ4v) is 3.20. The van der Waals surface area contributed by atoms with E-state index in [1.807, 2.05) is 5.38 Å². The van der Waals surface area contributed by atoms with Crippen LogP contribution in [-0.4, -0.2) is 10.1 Å². The maximum atomic E-state index is 13.1. The molecule has 0 amide bonds. The molecule has 4 heteroatoms. The Kier molecular flexibility index (Phi) is 2.49. The summed E-state index contributed by atoms with van der Waals surface area (Å²) in [4.78, 5) is 4.20. The quantitative estimate of drug-likeness (QED) is 0.887. The van der Waals surface area contributed by atoms with Crippen molar-refractivity contribution in [3.8, 4) is 0 Å². The minimum Gasteiger partial charge on any atom is -0.385 e. The van der Waals surface area contributed by atoms with E-state index in [1.165, 1.54) is 12.1 Å². The maximum Gasteiger partial charge on any atom is 0.123 e. The highest BCUT2D eigenvalue weighted by atomic mass is 32.1. The number of hydrogen-bond donors (Lipinski definition) is 1. The molecule has 88 valence electrons. The van der Waals surface area contributed by atoms with Crippen molar-refractivity contribution in [2.45, 2.75) is 24.9 Å². The molecule has 1 atom stereocenters. The Morgan fingerprint density at radius 1 is 1.47 bits per heavy atom. The van der Waals surface area contributed by atoms with Crippen LogP contribution in [0.5, 0.6) is 0 Å². The van der Waals surface area contributed by atoms with Crippen LogP contribution < -0.4 is 0 Å². The topological polar surface area (TPSA) is 33.1 Å². The van der Waals surface area contributed by atoms with Crippen molar-refractivity contribution in [3.63, 3.8) is 0 Å². The summed E-state index contributed by atoms with van der Waals surface area (Å²) in [7, 11) is 0. The lowest BCUT2D eigenvalue weighted by atomic mass is 9.93. The third-order valence-corrected chi connectivity index (χ3v) is 4.08. The van der Waals surface area contributed by atoms with Crippen LogP contribution in [0, 0.1) is 5.82 Å². The van der Waals surface area contributed by atoms with Crippen molar-refractivity contribution in [2.24, 2.45) is 0 Å². The number of nitrogens with zero attached hydrogens (tertiary/aromatic N) is 1. The molecule has 1 aliphatic carbocycles. The van der Waals surface area contributed by atoms with Gasteiger partial charge in [-0.3, -0.25) is 0 Å². The number of fused-ring (bicyclic) bond motifs is 1. The van der Waals surface area contributed by atoms with Gasteiger partial charge in [-0.2, -0.15) is 0 Å². The summed E-state index contributed by atoms with van der Waals surface area (Å²) in [6.45, 7) is 0. The van der Waals surface area contributed by atoms with Crippen molar-refractivity contribution < 1.29 is 9.50 Å². The first-order valence-corrected chi connectivity index (χ1v) is 6.45. The standard InChI is InChI=1S/C13H12FNOS/c14-10-1-2-11-9(7-10)3-4-13(11,16)8-12-15-5-6-17-12/h1-2,5-7,16H,3-4,8H2. The minimum absolute atomic E-state index is 0.234. The molecule has 17 heavy (non-hydrogen) atoms. The molecule has 1 unspecified atom stereocenters. The Bertz CT molecular complexity index is 540. The summed E-state index contributed by atoms with van der Waals surface area (Å²) in [5.74, 6) is -0.234. The molecule has 0 bridgehead atoms. The number of thiazole rings is 1. The Morgan fingerprint density at radius 2 is 2.35 bits per heavy atom. The highest BCUT2D eigenvalue weighted by molar-refractivity contribution is 7.09. The molecule has 2 nitrogen and oxygen atoms in total. The molecule has 2 aromatic rings. The molecular formula is C13H12FNOS. The Hall–Kier alpha value is -1.26. The Morgan fingerprint density at radius 3 is 3.12 bits per heavy atom. The monoisotopic (exact) mass is 249 g/mol. The lowest BCUT2D eigenvalue weighted by Crippen LogP contribution is -2.25. The SMILES string of the molecule is OC1(Cc2nccs2)CCc2cc(F)ccc21. The molecule has 1 aliphatic rings. The van der Waals surface area contributed by atoms with E-state index in [2.05, 4.69) is 4.98 Å². The molecule has 0 saturated heterocycles. The summed E-state index contributed by atoms with van der Waals surface area (Å²) in [6.07, 6.45) is 3.63. The summed E-state index contributed by atoms with van der Waals surface area (Å²) in [5.41, 5.74) is 0.902. The molecule has 1 aromatic carbocycles. The molecular weight excluding hydrogens is 237 g/mol. The largest absolute Gasteiger partial charge is 0.385 e. The van der Waals surface area contributed by atoms with E-state index in [1.54, 1.807) is 23.6 Å². The van der Waals surface area contributed by atoms with Crippen molar-refractivity contribution >= 4 is 11.3 Å². The first-order chi connectivity index (χ1) is 8.17. The second-order valence-electron chi connectivity index (χ2n) is 4.44. The van der Waals surface area contributed by atoms with Crippen LogP contribution in [-0.2, 0) is 18.4 Å². The van der Waals surface area contributed by atoms with Crippen LogP contribution in [0.15, 0.2) is 29.8 Å². The number of aromatic nitrogens is 1. The van der Waals surface area contributed by atoms with Gasteiger partial charge < -0.3 is 5.11 Å². The number of aliphatic hydroxyl groups is 1. The lowest BCUT2D eigenvalue weighted by molar-refractivity contribution is 0.0389. The van der Waals surface area contributed by atoms with Crippen LogP contribution in [0.1, 0.15) is 22.6 Å². The van der Waals surface area contributed by atoms with Gasteiger partial charge in [0.15, 0.2) is 0 Å². The van der Waals surface area contributed by atoms with Gasteiger partial charge in [-0.05, 0) is 36.1 Å². The van der Waals surface area contributed by atoms with Gasteiger partial charge in [0, 0.05) is 18.0 Å². The van der Waals surface area contributed by atoms with Gasteiger partial charge in [0.2, 0.25) is 0 Å². The molecule has 0 fully saturated rings. The molecule has 0 radical (unpaired) electrons. The van der Waals surface area contributed by atoms with Crippen LogP contribution in [0.3, 0.4) is 0 Å². The van der Waals surface area contributed by atoms with Gasteiger partial charge in [-0.1, -0.05) is 6.07 Å². The summed E-state index contributed by atoms with van der Waals surface area (Å²) < 4.78 is 13.1. The Labute approximate surface area is 103 Å². The molecule has 1 heterocycles. The fraction of sp³-hybridized carbons (Fsp3) is 0.308. The van der Waals surface area contributed by atoms with Crippen molar-refractivity contribution in [3.05, 3.63) is 51.7 Å².